The molecule has 1 aromatic heterocycles. The molecule has 0 saturated heterocycles. The van der Waals surface area contributed by atoms with Crippen LogP contribution in [0.2, 0.25) is 0 Å². The molecule has 3 heteroatoms. The molecule has 0 saturated carbocycles. The van der Waals surface area contributed by atoms with Crippen LogP contribution in [0.1, 0.15) is 36.4 Å². The van der Waals surface area contributed by atoms with Gasteiger partial charge in [0.2, 0.25) is 0 Å². The van der Waals surface area contributed by atoms with Gasteiger partial charge in [0.25, 0.3) is 0 Å². The second-order valence-electron chi connectivity index (χ2n) is 5.57. The molecule has 3 aromatic rings. The molecule has 0 atom stereocenters. The molecular weight excluding hydrogens is 270 g/mol. The lowest BCUT2D eigenvalue weighted by Gasteiger charge is -2.13. The Balaban J connectivity index is 1.70. The molecule has 3 nitrogen and oxygen atoms in total. The Hall–Kier alpha value is -2.13. The van der Waals surface area contributed by atoms with Gasteiger partial charge in [0, 0.05) is 6.54 Å². The van der Waals surface area contributed by atoms with Crippen molar-refractivity contribution in [3.05, 3.63) is 65.0 Å². The van der Waals surface area contributed by atoms with E-state index in [0.717, 1.165) is 42.8 Å². The predicted molar refractivity (Wildman–Crippen MR) is 91.8 cm³/mol. The predicted octanol–water partition coefficient (Wildman–Crippen LogP) is 3.98. The third-order valence-corrected chi connectivity index (χ3v) is 4.16. The summed E-state index contributed by atoms with van der Waals surface area (Å²) in [5.74, 6) is 0.994. The number of rotatable bonds is 6. The van der Waals surface area contributed by atoms with Crippen LogP contribution in [0.4, 0.5) is 0 Å². The van der Waals surface area contributed by atoms with E-state index in [0.29, 0.717) is 0 Å². The highest BCUT2D eigenvalue weighted by atomic mass is 15.0. The zero-order valence-electron chi connectivity index (χ0n) is 13.3. The van der Waals surface area contributed by atoms with E-state index in [4.69, 9.17) is 0 Å². The lowest BCUT2D eigenvalue weighted by Crippen LogP contribution is -2.16. The van der Waals surface area contributed by atoms with Crippen LogP contribution < -0.4 is 5.32 Å². The van der Waals surface area contributed by atoms with Gasteiger partial charge in [-0.3, -0.25) is 0 Å². The molecule has 0 bridgehead atoms. The molecule has 1 heterocycles. The Morgan fingerprint density at radius 2 is 1.64 bits per heavy atom. The van der Waals surface area contributed by atoms with Crippen LogP contribution >= 0.6 is 0 Å². The smallest absolute Gasteiger partial charge is 0.121 e. The fourth-order valence-electron chi connectivity index (χ4n) is 2.97. The maximum atomic E-state index is 4.61. The highest BCUT2D eigenvalue weighted by Crippen LogP contribution is 2.17. The van der Waals surface area contributed by atoms with Gasteiger partial charge in [0.15, 0.2) is 0 Å². The molecule has 0 aliphatic carbocycles. The van der Waals surface area contributed by atoms with Crippen molar-refractivity contribution in [3.8, 4) is 0 Å². The molecule has 0 aliphatic heterocycles. The third-order valence-electron chi connectivity index (χ3n) is 4.16. The molecule has 2 N–H and O–H groups in total. The normalized spacial score (nSPS) is 11.2. The number of aryl methyl sites for hydroxylation is 2. The van der Waals surface area contributed by atoms with Crippen LogP contribution in [0.3, 0.4) is 0 Å². The molecular formula is C19H23N3. The average molecular weight is 293 g/mol. The van der Waals surface area contributed by atoms with Gasteiger partial charge in [0.05, 0.1) is 17.6 Å². The minimum atomic E-state index is 0.760. The summed E-state index contributed by atoms with van der Waals surface area (Å²) < 4.78 is 0. The second-order valence-corrected chi connectivity index (χ2v) is 5.57. The highest BCUT2D eigenvalue weighted by Gasteiger charge is 2.07. The van der Waals surface area contributed by atoms with Gasteiger partial charge in [0.1, 0.15) is 5.82 Å². The Bertz CT molecular complexity index is 703. The van der Waals surface area contributed by atoms with E-state index in [2.05, 4.69) is 53.4 Å². The average Bonchev–Trinajstić information content (AvgIpc) is 2.97. The van der Waals surface area contributed by atoms with Crippen LogP contribution in [0.5, 0.6) is 0 Å². The van der Waals surface area contributed by atoms with Crippen LogP contribution in [0.25, 0.3) is 11.0 Å². The molecule has 3 rings (SSSR count). The third kappa shape index (κ3) is 3.04. The number of fused-ring (bicyclic) bond motifs is 1. The molecule has 0 aliphatic rings. The van der Waals surface area contributed by atoms with Crippen molar-refractivity contribution in [2.75, 3.05) is 0 Å². The molecule has 114 valence electrons. The number of benzene rings is 2. The summed E-state index contributed by atoms with van der Waals surface area (Å²) in [6.45, 7) is 6.09. The van der Waals surface area contributed by atoms with Gasteiger partial charge >= 0.3 is 0 Å². The molecule has 0 unspecified atom stereocenters. The van der Waals surface area contributed by atoms with E-state index in [9.17, 15) is 0 Å². The number of nitrogens with one attached hydrogen (secondary N) is 2. The maximum absolute atomic E-state index is 4.61. The van der Waals surface area contributed by atoms with E-state index < -0.39 is 0 Å². The van der Waals surface area contributed by atoms with E-state index in [-0.39, 0.29) is 0 Å². The fraction of sp³-hybridized carbons (Fsp3) is 0.316. The van der Waals surface area contributed by atoms with Crippen molar-refractivity contribution in [1.29, 1.82) is 0 Å². The Morgan fingerprint density at radius 3 is 2.32 bits per heavy atom. The Kier molecular flexibility index (Phi) is 4.54. The lowest BCUT2D eigenvalue weighted by molar-refractivity contribution is 0.662. The molecule has 0 spiro atoms. The van der Waals surface area contributed by atoms with Crippen LogP contribution in [-0.2, 0) is 25.9 Å². The topological polar surface area (TPSA) is 40.7 Å². The monoisotopic (exact) mass is 293 g/mol. The van der Waals surface area contributed by atoms with E-state index in [1.165, 1.54) is 16.7 Å². The van der Waals surface area contributed by atoms with Gasteiger partial charge in [-0.1, -0.05) is 44.2 Å². The second kappa shape index (κ2) is 6.75. The van der Waals surface area contributed by atoms with Crippen LogP contribution in [0, 0.1) is 0 Å². The first-order valence-corrected chi connectivity index (χ1v) is 8.05. The minimum absolute atomic E-state index is 0.760. The summed E-state index contributed by atoms with van der Waals surface area (Å²) in [7, 11) is 0. The zero-order chi connectivity index (χ0) is 15.4. The van der Waals surface area contributed by atoms with Crippen molar-refractivity contribution < 1.29 is 0 Å². The zero-order valence-corrected chi connectivity index (χ0v) is 13.3. The summed E-state index contributed by atoms with van der Waals surface area (Å²) >= 11 is 0. The highest BCUT2D eigenvalue weighted by molar-refractivity contribution is 5.74. The largest absolute Gasteiger partial charge is 0.341 e. The number of para-hydroxylation sites is 2. The van der Waals surface area contributed by atoms with Gasteiger partial charge < -0.3 is 10.3 Å². The van der Waals surface area contributed by atoms with Crippen molar-refractivity contribution >= 4 is 11.0 Å². The summed E-state index contributed by atoms with van der Waals surface area (Å²) in [5, 5.41) is 3.53. The van der Waals surface area contributed by atoms with Crippen LogP contribution in [-0.4, -0.2) is 9.97 Å². The number of aromatic nitrogens is 2. The summed E-state index contributed by atoms with van der Waals surface area (Å²) in [6, 6.07) is 14.8. The number of H-pyrrole nitrogens is 1. The van der Waals surface area contributed by atoms with Gasteiger partial charge in [-0.25, -0.2) is 4.98 Å². The molecule has 2 aromatic carbocycles. The van der Waals surface area contributed by atoms with Crippen LogP contribution in [0.15, 0.2) is 42.5 Å². The summed E-state index contributed by atoms with van der Waals surface area (Å²) in [4.78, 5) is 7.98. The Morgan fingerprint density at radius 1 is 0.909 bits per heavy atom. The van der Waals surface area contributed by atoms with E-state index in [1.807, 2.05) is 18.2 Å². The van der Waals surface area contributed by atoms with E-state index >= 15 is 0 Å². The number of hydrogen-bond acceptors (Lipinski definition) is 2. The molecule has 0 fully saturated rings. The summed E-state index contributed by atoms with van der Waals surface area (Å²) in [6.07, 6.45) is 2.16. The maximum Gasteiger partial charge on any atom is 0.121 e. The first-order valence-electron chi connectivity index (χ1n) is 8.05. The first-order chi connectivity index (χ1) is 10.8. The number of imidazole rings is 1. The Labute approximate surface area is 131 Å². The quantitative estimate of drug-likeness (QED) is 0.722. The molecule has 0 radical (unpaired) electrons. The van der Waals surface area contributed by atoms with Crippen molar-refractivity contribution in [1.82, 2.24) is 15.3 Å². The van der Waals surface area contributed by atoms with Crippen molar-refractivity contribution in [2.45, 2.75) is 39.8 Å². The molecule has 0 amide bonds. The van der Waals surface area contributed by atoms with E-state index in [1.54, 1.807) is 0 Å². The van der Waals surface area contributed by atoms with Crippen molar-refractivity contribution in [2.24, 2.45) is 0 Å². The summed E-state index contributed by atoms with van der Waals surface area (Å²) in [5.41, 5.74) is 6.46. The number of nitrogens with zero attached hydrogens (tertiary/aromatic N) is 1. The van der Waals surface area contributed by atoms with Gasteiger partial charge in [-0.2, -0.15) is 0 Å². The molecule has 22 heavy (non-hydrogen) atoms. The van der Waals surface area contributed by atoms with Crippen molar-refractivity contribution in [3.63, 3.8) is 0 Å². The number of hydrogen-bond donors (Lipinski definition) is 2. The lowest BCUT2D eigenvalue weighted by atomic mass is 9.97. The standard InChI is InChI=1S/C19H23N3/c1-3-14-8-7-9-15(4-2)16(14)12-20-13-19-21-17-10-5-6-11-18(17)22-19/h5-11,20H,3-4,12-13H2,1-2H3,(H,21,22). The first kappa shape index (κ1) is 14.8. The van der Waals surface area contributed by atoms with Gasteiger partial charge in [-0.15, -0.1) is 0 Å². The fourth-order valence-corrected chi connectivity index (χ4v) is 2.97. The minimum Gasteiger partial charge on any atom is -0.341 e. The van der Waals surface area contributed by atoms with Gasteiger partial charge in [-0.05, 0) is 41.7 Å². The SMILES string of the molecule is CCc1cccc(CC)c1CNCc1nc2ccccc2[nH]1. The number of aromatic amines is 1.